The van der Waals surface area contributed by atoms with Crippen molar-refractivity contribution in [3.63, 3.8) is 0 Å². The Kier molecular flexibility index (Phi) is 2.14. The van der Waals surface area contributed by atoms with Crippen molar-refractivity contribution < 1.29 is 9.21 Å². The van der Waals surface area contributed by atoms with E-state index in [0.717, 1.165) is 5.52 Å². The van der Waals surface area contributed by atoms with Gasteiger partial charge in [0.15, 0.2) is 10.8 Å². The van der Waals surface area contributed by atoms with E-state index < -0.39 is 0 Å². The second kappa shape index (κ2) is 3.64. The Morgan fingerprint density at radius 2 is 2.31 bits per heavy atom. The summed E-state index contributed by atoms with van der Waals surface area (Å²) in [5.41, 5.74) is 1.45. The van der Waals surface area contributed by atoms with Crippen LogP contribution < -0.4 is 5.32 Å². The maximum Gasteiger partial charge on any atom is 0.325 e. The lowest BCUT2D eigenvalue weighted by molar-refractivity contribution is -0.116. The Bertz CT molecular complexity index is 558. The standard InChI is InChI=1S/C10H7N3O2S/c14-8-5-16-10(12-8)13-9-11-6-3-1-2-4-7(6)15-9/h1-4H,5H2,(H,11,12,13,14). The Hall–Kier alpha value is -1.82. The topological polar surface area (TPSA) is 67.5 Å². The third-order valence-corrected chi connectivity index (χ3v) is 2.94. The number of aliphatic imine (C=N–C) groups is 1. The smallest absolute Gasteiger partial charge is 0.325 e. The van der Waals surface area contributed by atoms with Crippen LogP contribution in [0.15, 0.2) is 33.7 Å². The molecule has 1 saturated heterocycles. The average molecular weight is 233 g/mol. The van der Waals surface area contributed by atoms with E-state index >= 15 is 0 Å². The van der Waals surface area contributed by atoms with Crippen molar-refractivity contribution in [2.75, 3.05) is 5.75 Å². The summed E-state index contributed by atoms with van der Waals surface area (Å²) >= 11 is 1.34. The summed E-state index contributed by atoms with van der Waals surface area (Å²) in [5, 5.41) is 3.16. The van der Waals surface area contributed by atoms with Crippen molar-refractivity contribution in [2.45, 2.75) is 0 Å². The van der Waals surface area contributed by atoms with E-state index in [1.54, 1.807) is 0 Å². The number of benzene rings is 1. The van der Waals surface area contributed by atoms with Gasteiger partial charge in [-0.25, -0.2) is 0 Å². The van der Waals surface area contributed by atoms with E-state index in [4.69, 9.17) is 4.42 Å². The van der Waals surface area contributed by atoms with Gasteiger partial charge in [-0.05, 0) is 12.1 Å². The highest BCUT2D eigenvalue weighted by molar-refractivity contribution is 8.15. The molecule has 3 rings (SSSR count). The number of hydrogen-bond acceptors (Lipinski definition) is 5. The highest BCUT2D eigenvalue weighted by Crippen LogP contribution is 2.22. The molecule has 1 amide bonds. The van der Waals surface area contributed by atoms with E-state index in [-0.39, 0.29) is 11.9 Å². The number of hydrogen-bond donors (Lipinski definition) is 1. The minimum absolute atomic E-state index is 0.0418. The van der Waals surface area contributed by atoms with E-state index in [1.165, 1.54) is 11.8 Å². The first-order chi connectivity index (χ1) is 7.81. The monoisotopic (exact) mass is 233 g/mol. The Labute approximate surface area is 94.9 Å². The molecule has 1 aliphatic heterocycles. The maximum absolute atomic E-state index is 11.0. The van der Waals surface area contributed by atoms with Gasteiger partial charge in [-0.3, -0.25) is 4.79 Å². The quantitative estimate of drug-likeness (QED) is 0.813. The largest absolute Gasteiger partial charge is 0.422 e. The van der Waals surface area contributed by atoms with Crippen molar-refractivity contribution in [1.29, 1.82) is 0 Å². The van der Waals surface area contributed by atoms with Crippen LogP contribution in [0.25, 0.3) is 11.1 Å². The zero-order valence-corrected chi connectivity index (χ0v) is 8.95. The van der Waals surface area contributed by atoms with Gasteiger partial charge < -0.3 is 9.73 Å². The lowest BCUT2D eigenvalue weighted by Gasteiger charge is -1.90. The van der Waals surface area contributed by atoms with Gasteiger partial charge in [-0.1, -0.05) is 23.9 Å². The first kappa shape index (κ1) is 9.41. The Morgan fingerprint density at radius 3 is 3.06 bits per heavy atom. The molecule has 0 atom stereocenters. The molecule has 2 aromatic rings. The van der Waals surface area contributed by atoms with Gasteiger partial charge in [-0.2, -0.15) is 9.98 Å². The molecule has 0 saturated carbocycles. The molecule has 1 fully saturated rings. The number of amidine groups is 1. The number of nitrogens with one attached hydrogen (secondary N) is 1. The molecule has 5 nitrogen and oxygen atoms in total. The molecular weight excluding hydrogens is 226 g/mol. The summed E-state index contributed by atoms with van der Waals surface area (Å²) in [7, 11) is 0. The molecule has 16 heavy (non-hydrogen) atoms. The van der Waals surface area contributed by atoms with E-state index in [2.05, 4.69) is 15.3 Å². The van der Waals surface area contributed by atoms with Gasteiger partial charge in [0.05, 0.1) is 5.75 Å². The van der Waals surface area contributed by atoms with Gasteiger partial charge in [-0.15, -0.1) is 0 Å². The summed E-state index contributed by atoms with van der Waals surface area (Å²) < 4.78 is 5.40. The fourth-order valence-corrected chi connectivity index (χ4v) is 2.05. The average Bonchev–Trinajstić information content (AvgIpc) is 2.84. The van der Waals surface area contributed by atoms with E-state index in [1.807, 2.05) is 24.3 Å². The fraction of sp³-hybridized carbons (Fsp3) is 0.100. The van der Waals surface area contributed by atoms with Gasteiger partial charge in [0, 0.05) is 0 Å². The summed E-state index contributed by atoms with van der Waals surface area (Å²) in [6.07, 6.45) is 0. The number of oxazole rings is 1. The second-order valence-electron chi connectivity index (χ2n) is 3.22. The molecular formula is C10H7N3O2S. The maximum atomic E-state index is 11.0. The summed E-state index contributed by atoms with van der Waals surface area (Å²) in [6.45, 7) is 0. The van der Waals surface area contributed by atoms with E-state index in [9.17, 15) is 4.79 Å². The molecule has 6 heteroatoms. The minimum atomic E-state index is -0.0418. The molecule has 0 radical (unpaired) electrons. The van der Waals surface area contributed by atoms with Crippen LogP contribution >= 0.6 is 11.8 Å². The molecule has 1 aliphatic rings. The zero-order valence-electron chi connectivity index (χ0n) is 8.14. The predicted octanol–water partition coefficient (Wildman–Crippen LogP) is 1.68. The van der Waals surface area contributed by atoms with Crippen molar-refractivity contribution >= 4 is 40.0 Å². The van der Waals surface area contributed by atoms with Crippen molar-refractivity contribution in [3.05, 3.63) is 24.3 Å². The van der Waals surface area contributed by atoms with Crippen LogP contribution in [0.1, 0.15) is 0 Å². The Morgan fingerprint density at radius 1 is 1.44 bits per heavy atom. The molecule has 2 heterocycles. The van der Waals surface area contributed by atoms with Gasteiger partial charge in [0.2, 0.25) is 5.91 Å². The lowest BCUT2D eigenvalue weighted by atomic mass is 10.3. The predicted molar refractivity (Wildman–Crippen MR) is 61.7 cm³/mol. The number of fused-ring (bicyclic) bond motifs is 1. The number of para-hydroxylation sites is 2. The van der Waals surface area contributed by atoms with Crippen molar-refractivity contribution in [1.82, 2.24) is 10.3 Å². The second-order valence-corrected chi connectivity index (χ2v) is 4.18. The van der Waals surface area contributed by atoms with Crippen molar-refractivity contribution in [3.8, 4) is 0 Å². The highest BCUT2D eigenvalue weighted by atomic mass is 32.2. The van der Waals surface area contributed by atoms with Crippen LogP contribution in [0.2, 0.25) is 0 Å². The fourth-order valence-electron chi connectivity index (χ4n) is 1.38. The third kappa shape index (κ3) is 1.67. The summed E-state index contributed by atoms with van der Waals surface area (Å²) in [4.78, 5) is 19.3. The first-order valence-corrected chi connectivity index (χ1v) is 5.67. The molecule has 80 valence electrons. The Balaban J connectivity index is 1.97. The SMILES string of the molecule is O=C1CS/C(=N/c2nc3ccccc3o2)N1. The molecule has 0 spiro atoms. The van der Waals surface area contributed by atoms with Crippen LogP contribution in [0.3, 0.4) is 0 Å². The number of rotatable bonds is 1. The molecule has 1 aromatic heterocycles. The number of thioether (sulfide) groups is 1. The zero-order chi connectivity index (χ0) is 11.0. The van der Waals surface area contributed by atoms with Crippen LogP contribution in [0, 0.1) is 0 Å². The normalized spacial score (nSPS) is 18.2. The van der Waals surface area contributed by atoms with Crippen LogP contribution in [0.5, 0.6) is 0 Å². The molecule has 1 N–H and O–H groups in total. The first-order valence-electron chi connectivity index (χ1n) is 4.68. The lowest BCUT2D eigenvalue weighted by Crippen LogP contribution is -2.19. The van der Waals surface area contributed by atoms with Gasteiger partial charge in [0.1, 0.15) is 5.52 Å². The molecule has 0 aliphatic carbocycles. The van der Waals surface area contributed by atoms with Crippen molar-refractivity contribution in [2.24, 2.45) is 4.99 Å². The van der Waals surface area contributed by atoms with Gasteiger partial charge in [0.25, 0.3) is 0 Å². The van der Waals surface area contributed by atoms with Gasteiger partial charge >= 0.3 is 6.01 Å². The summed E-state index contributed by atoms with van der Waals surface area (Å²) in [5.74, 6) is 0.360. The van der Waals surface area contributed by atoms with Crippen LogP contribution in [-0.2, 0) is 4.79 Å². The third-order valence-electron chi connectivity index (χ3n) is 2.07. The number of aromatic nitrogens is 1. The summed E-state index contributed by atoms with van der Waals surface area (Å²) in [6, 6.07) is 7.70. The molecule has 1 aromatic carbocycles. The minimum Gasteiger partial charge on any atom is -0.422 e. The molecule has 0 bridgehead atoms. The molecule has 0 unspecified atom stereocenters. The van der Waals surface area contributed by atoms with Crippen LogP contribution in [-0.4, -0.2) is 21.8 Å². The number of nitrogens with zero attached hydrogens (tertiary/aromatic N) is 2. The number of carbonyl (C=O) groups excluding carboxylic acids is 1. The highest BCUT2D eigenvalue weighted by Gasteiger charge is 2.17. The van der Waals surface area contributed by atoms with E-state index in [0.29, 0.717) is 16.5 Å². The number of carbonyl (C=O) groups is 1. The van der Waals surface area contributed by atoms with Crippen LogP contribution in [0.4, 0.5) is 6.01 Å². The number of amides is 1.